The summed E-state index contributed by atoms with van der Waals surface area (Å²) in [5.41, 5.74) is 1.87. The molecule has 0 unspecified atom stereocenters. The van der Waals surface area contributed by atoms with Crippen molar-refractivity contribution in [2.24, 2.45) is 0 Å². The van der Waals surface area contributed by atoms with Crippen LogP contribution in [0.2, 0.25) is 0 Å². The lowest BCUT2D eigenvalue weighted by molar-refractivity contribution is 0.571. The molecule has 1 aromatic carbocycles. The molecule has 0 aliphatic carbocycles. The highest BCUT2D eigenvalue weighted by Gasteiger charge is 2.17. The minimum atomic E-state index is -0.498. The van der Waals surface area contributed by atoms with Crippen molar-refractivity contribution in [2.75, 3.05) is 5.32 Å². The monoisotopic (exact) mass is 289 g/mol. The van der Waals surface area contributed by atoms with Crippen LogP contribution in [0.1, 0.15) is 37.0 Å². The van der Waals surface area contributed by atoms with Gasteiger partial charge in [-0.3, -0.25) is 0 Å². The maximum absolute atomic E-state index is 13.2. The summed E-state index contributed by atoms with van der Waals surface area (Å²) < 4.78 is 13.2. The zero-order valence-corrected chi connectivity index (χ0v) is 12.5. The van der Waals surface area contributed by atoms with Crippen molar-refractivity contribution in [1.29, 1.82) is 5.26 Å². The van der Waals surface area contributed by atoms with Gasteiger partial charge < -0.3 is 5.32 Å². The fourth-order valence-electron chi connectivity index (χ4n) is 1.64. The molecule has 0 atom stereocenters. The first-order valence-corrected chi connectivity index (χ1v) is 7.16. The molecule has 0 aliphatic rings. The minimum Gasteiger partial charge on any atom is -0.378 e. The smallest absolute Gasteiger partial charge is 0.141 e. The van der Waals surface area contributed by atoms with Gasteiger partial charge in [0, 0.05) is 16.5 Å². The van der Waals surface area contributed by atoms with Crippen LogP contribution >= 0.6 is 11.3 Å². The molecule has 2 aromatic rings. The molecule has 1 aromatic heterocycles. The number of thiazole rings is 1. The molecule has 0 spiro atoms. The SMILES string of the molecule is CC(C)(C)c1csc(CNc2ccc(F)c(C#N)c2)n1. The zero-order chi connectivity index (χ0) is 14.8. The Bertz CT molecular complexity index is 650. The minimum absolute atomic E-state index is 0.0403. The summed E-state index contributed by atoms with van der Waals surface area (Å²) in [6.45, 7) is 6.94. The number of nitriles is 1. The van der Waals surface area contributed by atoms with Crippen molar-refractivity contribution < 1.29 is 4.39 Å². The van der Waals surface area contributed by atoms with Gasteiger partial charge in [-0.15, -0.1) is 11.3 Å². The van der Waals surface area contributed by atoms with Gasteiger partial charge in [-0.2, -0.15) is 5.26 Å². The summed E-state index contributed by atoms with van der Waals surface area (Å²) in [7, 11) is 0. The van der Waals surface area contributed by atoms with Crippen molar-refractivity contribution in [1.82, 2.24) is 4.98 Å². The Balaban J connectivity index is 2.06. The highest BCUT2D eigenvalue weighted by atomic mass is 32.1. The molecule has 0 radical (unpaired) electrons. The maximum atomic E-state index is 13.2. The number of anilines is 1. The van der Waals surface area contributed by atoms with Gasteiger partial charge in [0.15, 0.2) is 0 Å². The summed E-state index contributed by atoms with van der Waals surface area (Å²) in [5, 5.41) is 15.0. The predicted octanol–water partition coefficient (Wildman–Crippen LogP) is 4.06. The van der Waals surface area contributed by atoms with Gasteiger partial charge >= 0.3 is 0 Å². The molecule has 3 nitrogen and oxygen atoms in total. The zero-order valence-electron chi connectivity index (χ0n) is 11.7. The molecule has 0 saturated heterocycles. The second-order valence-corrected chi connectivity index (χ2v) is 6.48. The molecular weight excluding hydrogens is 273 g/mol. The second-order valence-electron chi connectivity index (χ2n) is 5.54. The van der Waals surface area contributed by atoms with Crippen LogP contribution in [0.4, 0.5) is 10.1 Å². The molecule has 0 saturated carbocycles. The van der Waals surface area contributed by atoms with Crippen LogP contribution < -0.4 is 5.32 Å². The fraction of sp³-hybridized carbons (Fsp3) is 0.333. The molecule has 1 N–H and O–H groups in total. The molecule has 0 amide bonds. The third-order valence-electron chi connectivity index (χ3n) is 2.85. The largest absolute Gasteiger partial charge is 0.378 e. The summed E-state index contributed by atoms with van der Waals surface area (Å²) in [4.78, 5) is 4.57. The number of halogens is 1. The van der Waals surface area contributed by atoms with Crippen LogP contribution in [0.25, 0.3) is 0 Å². The van der Waals surface area contributed by atoms with Gasteiger partial charge in [0.25, 0.3) is 0 Å². The number of hydrogen-bond donors (Lipinski definition) is 1. The van der Waals surface area contributed by atoms with Crippen molar-refractivity contribution in [3.05, 3.63) is 45.7 Å². The second kappa shape index (κ2) is 5.59. The number of aromatic nitrogens is 1. The van der Waals surface area contributed by atoms with Crippen LogP contribution in [0.3, 0.4) is 0 Å². The lowest BCUT2D eigenvalue weighted by atomic mass is 9.93. The number of rotatable bonds is 3. The van der Waals surface area contributed by atoms with Gasteiger partial charge in [-0.05, 0) is 18.2 Å². The molecule has 104 valence electrons. The predicted molar refractivity (Wildman–Crippen MR) is 79.3 cm³/mol. The van der Waals surface area contributed by atoms with E-state index in [1.807, 2.05) is 6.07 Å². The van der Waals surface area contributed by atoms with Crippen LogP contribution in [-0.2, 0) is 12.0 Å². The third kappa shape index (κ3) is 3.34. The molecule has 2 rings (SSSR count). The summed E-state index contributed by atoms with van der Waals surface area (Å²) in [6.07, 6.45) is 0. The Morgan fingerprint density at radius 1 is 1.40 bits per heavy atom. The van der Waals surface area contributed by atoms with Gasteiger partial charge in [0.05, 0.1) is 17.8 Å². The Morgan fingerprint density at radius 2 is 2.15 bits per heavy atom. The molecule has 0 fully saturated rings. The lowest BCUT2D eigenvalue weighted by Crippen LogP contribution is -2.11. The lowest BCUT2D eigenvalue weighted by Gasteiger charge is -2.14. The van der Waals surface area contributed by atoms with Crippen molar-refractivity contribution >= 4 is 17.0 Å². The van der Waals surface area contributed by atoms with E-state index >= 15 is 0 Å². The summed E-state index contributed by atoms with van der Waals surface area (Å²) in [5.74, 6) is -0.498. The number of nitrogens with zero attached hydrogens (tertiary/aromatic N) is 2. The Morgan fingerprint density at radius 3 is 2.75 bits per heavy atom. The Hall–Kier alpha value is -1.93. The molecule has 5 heteroatoms. The van der Waals surface area contributed by atoms with E-state index in [0.29, 0.717) is 6.54 Å². The standard InChI is InChI=1S/C15H16FN3S/c1-15(2,3)13-9-20-14(19-13)8-18-11-4-5-12(16)10(6-11)7-17/h4-6,9,18H,8H2,1-3H3. The Labute approximate surface area is 122 Å². The van der Waals surface area contributed by atoms with Crippen LogP contribution in [-0.4, -0.2) is 4.98 Å². The average Bonchev–Trinajstić information content (AvgIpc) is 2.86. The van der Waals surface area contributed by atoms with E-state index in [0.717, 1.165) is 16.4 Å². The van der Waals surface area contributed by atoms with Gasteiger partial charge in [-0.1, -0.05) is 20.8 Å². The highest BCUT2D eigenvalue weighted by Crippen LogP contribution is 2.24. The van der Waals surface area contributed by atoms with Crippen LogP contribution in [0, 0.1) is 17.1 Å². The van der Waals surface area contributed by atoms with E-state index < -0.39 is 5.82 Å². The normalized spacial score (nSPS) is 11.2. The Kier molecular flexibility index (Phi) is 4.05. The maximum Gasteiger partial charge on any atom is 0.141 e. The molecule has 0 aliphatic heterocycles. The first kappa shape index (κ1) is 14.5. The van der Waals surface area contributed by atoms with Gasteiger partial charge in [0.1, 0.15) is 16.9 Å². The first-order chi connectivity index (χ1) is 9.40. The van der Waals surface area contributed by atoms with E-state index in [9.17, 15) is 4.39 Å². The van der Waals surface area contributed by atoms with Gasteiger partial charge in [0.2, 0.25) is 0 Å². The molecule has 0 bridgehead atoms. The highest BCUT2D eigenvalue weighted by molar-refractivity contribution is 7.09. The third-order valence-corrected chi connectivity index (χ3v) is 3.70. The first-order valence-electron chi connectivity index (χ1n) is 6.28. The van der Waals surface area contributed by atoms with E-state index in [1.165, 1.54) is 12.1 Å². The van der Waals surface area contributed by atoms with Gasteiger partial charge in [-0.25, -0.2) is 9.37 Å². The quantitative estimate of drug-likeness (QED) is 0.926. The summed E-state index contributed by atoms with van der Waals surface area (Å²) >= 11 is 1.60. The fourth-order valence-corrected chi connectivity index (χ4v) is 2.60. The molecule has 20 heavy (non-hydrogen) atoms. The number of hydrogen-bond acceptors (Lipinski definition) is 4. The summed E-state index contributed by atoms with van der Waals surface area (Å²) in [6, 6.07) is 6.25. The van der Waals surface area contributed by atoms with E-state index in [-0.39, 0.29) is 11.0 Å². The van der Waals surface area contributed by atoms with Crippen molar-refractivity contribution in [3.8, 4) is 6.07 Å². The van der Waals surface area contributed by atoms with E-state index in [2.05, 4.69) is 36.5 Å². The molecular formula is C15H16FN3S. The van der Waals surface area contributed by atoms with Crippen molar-refractivity contribution in [2.45, 2.75) is 32.7 Å². The van der Waals surface area contributed by atoms with Crippen molar-refractivity contribution in [3.63, 3.8) is 0 Å². The van der Waals surface area contributed by atoms with Crippen LogP contribution in [0.15, 0.2) is 23.6 Å². The topological polar surface area (TPSA) is 48.7 Å². The average molecular weight is 289 g/mol. The molecule has 1 heterocycles. The number of nitrogens with one attached hydrogen (secondary N) is 1. The van der Waals surface area contributed by atoms with E-state index in [1.54, 1.807) is 17.4 Å². The number of benzene rings is 1. The van der Waals surface area contributed by atoms with Crippen LogP contribution in [0.5, 0.6) is 0 Å². The van der Waals surface area contributed by atoms with E-state index in [4.69, 9.17) is 5.26 Å².